The van der Waals surface area contributed by atoms with Crippen LogP contribution in [0.3, 0.4) is 0 Å². The minimum absolute atomic E-state index is 0.239. The van der Waals surface area contributed by atoms with Gasteiger partial charge in [-0.3, -0.25) is 0 Å². The first-order valence-electron chi connectivity index (χ1n) is 5.78. The zero-order chi connectivity index (χ0) is 13.2. The Morgan fingerprint density at radius 2 is 1.94 bits per heavy atom. The van der Waals surface area contributed by atoms with Crippen LogP contribution in [-0.4, -0.2) is 26.3 Å². The largest absolute Gasteiger partial charge is 0.418 e. The van der Waals surface area contributed by atoms with E-state index in [-0.39, 0.29) is 5.69 Å². The fourth-order valence-electron chi connectivity index (χ4n) is 1.99. The molecule has 1 heterocycles. The molecule has 0 spiro atoms. The lowest BCUT2D eigenvalue weighted by Gasteiger charge is -2.23. The van der Waals surface area contributed by atoms with Crippen molar-refractivity contribution in [2.45, 2.75) is 12.6 Å². The standard InChI is InChI=1S/C12H15F3N2O/c13-12(14,15)10-8-9(2-3-11(10)16)17-4-1-6-18-7-5-17/h2-3,8H,1,4-7,16H2. The Bertz CT molecular complexity index is 412. The van der Waals surface area contributed by atoms with Crippen LogP contribution in [0.5, 0.6) is 0 Å². The van der Waals surface area contributed by atoms with Crippen molar-refractivity contribution in [3.05, 3.63) is 23.8 Å². The molecule has 1 aliphatic heterocycles. The Labute approximate surface area is 103 Å². The molecule has 0 aromatic heterocycles. The highest BCUT2D eigenvalue weighted by molar-refractivity contribution is 5.59. The summed E-state index contributed by atoms with van der Waals surface area (Å²) < 4.78 is 43.5. The van der Waals surface area contributed by atoms with Crippen molar-refractivity contribution >= 4 is 11.4 Å². The normalized spacial score (nSPS) is 17.6. The van der Waals surface area contributed by atoms with Gasteiger partial charge in [0.1, 0.15) is 0 Å². The molecule has 6 heteroatoms. The number of alkyl halides is 3. The van der Waals surface area contributed by atoms with Crippen molar-refractivity contribution in [2.75, 3.05) is 36.9 Å². The summed E-state index contributed by atoms with van der Waals surface area (Å²) in [6.07, 6.45) is -3.60. The Morgan fingerprint density at radius 3 is 2.67 bits per heavy atom. The van der Waals surface area contributed by atoms with Gasteiger partial charge in [-0.1, -0.05) is 0 Å². The molecule has 1 saturated heterocycles. The molecule has 0 aliphatic carbocycles. The quantitative estimate of drug-likeness (QED) is 0.788. The van der Waals surface area contributed by atoms with E-state index in [2.05, 4.69) is 0 Å². The van der Waals surface area contributed by atoms with Crippen molar-refractivity contribution in [3.8, 4) is 0 Å². The summed E-state index contributed by atoms with van der Waals surface area (Å²) in [6.45, 7) is 2.48. The molecule has 2 rings (SSSR count). The molecular formula is C12H15F3N2O. The van der Waals surface area contributed by atoms with Crippen molar-refractivity contribution in [1.29, 1.82) is 0 Å². The highest BCUT2D eigenvalue weighted by atomic mass is 19.4. The minimum atomic E-state index is -4.41. The number of hydrogen-bond acceptors (Lipinski definition) is 3. The summed E-state index contributed by atoms with van der Waals surface area (Å²) in [5.41, 5.74) is 4.90. The molecule has 0 atom stereocenters. The van der Waals surface area contributed by atoms with Crippen LogP contribution < -0.4 is 10.6 Å². The maximum absolute atomic E-state index is 12.8. The lowest BCUT2D eigenvalue weighted by atomic mass is 10.1. The topological polar surface area (TPSA) is 38.5 Å². The van der Waals surface area contributed by atoms with E-state index in [0.29, 0.717) is 32.0 Å². The van der Waals surface area contributed by atoms with Gasteiger partial charge >= 0.3 is 6.18 Å². The van der Waals surface area contributed by atoms with Crippen molar-refractivity contribution < 1.29 is 17.9 Å². The number of anilines is 2. The van der Waals surface area contributed by atoms with Crippen LogP contribution in [0, 0.1) is 0 Å². The number of rotatable bonds is 1. The maximum Gasteiger partial charge on any atom is 0.418 e. The Hall–Kier alpha value is -1.43. The molecule has 0 saturated carbocycles. The smallest absolute Gasteiger partial charge is 0.398 e. The third-order valence-corrected chi connectivity index (χ3v) is 2.93. The van der Waals surface area contributed by atoms with E-state index in [1.54, 1.807) is 6.07 Å². The minimum Gasteiger partial charge on any atom is -0.398 e. The molecule has 1 aromatic rings. The number of nitrogens with zero attached hydrogens (tertiary/aromatic N) is 1. The summed E-state index contributed by atoms with van der Waals surface area (Å²) in [5, 5.41) is 0. The first-order chi connectivity index (χ1) is 8.48. The summed E-state index contributed by atoms with van der Waals surface area (Å²) in [6, 6.07) is 4.04. The second-order valence-electron chi connectivity index (χ2n) is 4.22. The van der Waals surface area contributed by atoms with Crippen molar-refractivity contribution in [3.63, 3.8) is 0 Å². The van der Waals surface area contributed by atoms with Crippen LogP contribution in [0.1, 0.15) is 12.0 Å². The van der Waals surface area contributed by atoms with E-state index in [0.717, 1.165) is 12.5 Å². The molecule has 1 aliphatic rings. The van der Waals surface area contributed by atoms with E-state index < -0.39 is 11.7 Å². The molecule has 2 N–H and O–H groups in total. The predicted octanol–water partition coefficient (Wildman–Crippen LogP) is 2.51. The Kier molecular flexibility index (Phi) is 3.65. The highest BCUT2D eigenvalue weighted by Crippen LogP contribution is 2.36. The molecule has 1 aromatic carbocycles. The summed E-state index contributed by atoms with van der Waals surface area (Å²) in [4.78, 5) is 1.89. The number of hydrogen-bond donors (Lipinski definition) is 1. The second-order valence-corrected chi connectivity index (χ2v) is 4.22. The first-order valence-corrected chi connectivity index (χ1v) is 5.78. The lowest BCUT2D eigenvalue weighted by molar-refractivity contribution is -0.136. The Balaban J connectivity index is 2.28. The van der Waals surface area contributed by atoms with Crippen LogP contribution in [0.4, 0.5) is 24.5 Å². The first kappa shape index (κ1) is 13.0. The number of nitrogen functional groups attached to an aromatic ring is 1. The monoisotopic (exact) mass is 260 g/mol. The van der Waals surface area contributed by atoms with Gasteiger partial charge in [0.05, 0.1) is 12.2 Å². The van der Waals surface area contributed by atoms with Gasteiger partial charge in [0, 0.05) is 31.1 Å². The van der Waals surface area contributed by atoms with Gasteiger partial charge in [0.15, 0.2) is 0 Å². The number of ether oxygens (including phenoxy) is 1. The highest BCUT2D eigenvalue weighted by Gasteiger charge is 2.33. The number of halogens is 3. The summed E-state index contributed by atoms with van der Waals surface area (Å²) >= 11 is 0. The summed E-state index contributed by atoms with van der Waals surface area (Å²) in [5.74, 6) is 0. The van der Waals surface area contributed by atoms with Gasteiger partial charge in [-0.2, -0.15) is 13.2 Å². The lowest BCUT2D eigenvalue weighted by Crippen LogP contribution is -2.26. The molecule has 0 amide bonds. The zero-order valence-electron chi connectivity index (χ0n) is 9.83. The third kappa shape index (κ3) is 2.87. The second kappa shape index (κ2) is 5.06. The van der Waals surface area contributed by atoms with Gasteiger partial charge in [0.2, 0.25) is 0 Å². The molecular weight excluding hydrogens is 245 g/mol. The van der Waals surface area contributed by atoms with Gasteiger partial charge < -0.3 is 15.4 Å². The van der Waals surface area contributed by atoms with Crippen LogP contribution in [0.2, 0.25) is 0 Å². The molecule has 0 radical (unpaired) electrons. The van der Waals surface area contributed by atoms with Gasteiger partial charge in [-0.25, -0.2) is 0 Å². The molecule has 1 fully saturated rings. The van der Waals surface area contributed by atoms with E-state index in [4.69, 9.17) is 10.5 Å². The van der Waals surface area contributed by atoms with Crippen LogP contribution >= 0.6 is 0 Å². The number of benzene rings is 1. The summed E-state index contributed by atoms with van der Waals surface area (Å²) in [7, 11) is 0. The molecule has 0 bridgehead atoms. The van der Waals surface area contributed by atoms with E-state index in [9.17, 15) is 13.2 Å². The van der Waals surface area contributed by atoms with Gasteiger partial charge in [-0.15, -0.1) is 0 Å². The van der Waals surface area contributed by atoms with Crippen molar-refractivity contribution in [1.82, 2.24) is 0 Å². The Morgan fingerprint density at radius 1 is 1.17 bits per heavy atom. The van der Waals surface area contributed by atoms with E-state index >= 15 is 0 Å². The molecule has 100 valence electrons. The average Bonchev–Trinajstić information content (AvgIpc) is 2.56. The average molecular weight is 260 g/mol. The van der Waals surface area contributed by atoms with Crippen LogP contribution in [0.15, 0.2) is 18.2 Å². The fourth-order valence-corrected chi connectivity index (χ4v) is 1.99. The van der Waals surface area contributed by atoms with Gasteiger partial charge in [-0.05, 0) is 24.6 Å². The number of nitrogens with two attached hydrogens (primary N) is 1. The zero-order valence-corrected chi connectivity index (χ0v) is 9.83. The maximum atomic E-state index is 12.8. The molecule has 0 unspecified atom stereocenters. The van der Waals surface area contributed by atoms with Crippen LogP contribution in [0.25, 0.3) is 0 Å². The molecule has 18 heavy (non-hydrogen) atoms. The van der Waals surface area contributed by atoms with E-state index in [1.165, 1.54) is 6.07 Å². The van der Waals surface area contributed by atoms with E-state index in [1.807, 2.05) is 4.90 Å². The van der Waals surface area contributed by atoms with Crippen molar-refractivity contribution in [2.24, 2.45) is 0 Å². The van der Waals surface area contributed by atoms with Crippen LogP contribution in [-0.2, 0) is 10.9 Å². The van der Waals surface area contributed by atoms with Gasteiger partial charge in [0.25, 0.3) is 0 Å². The predicted molar refractivity (Wildman–Crippen MR) is 63.5 cm³/mol. The SMILES string of the molecule is Nc1ccc(N2CCCOCC2)cc1C(F)(F)F. The third-order valence-electron chi connectivity index (χ3n) is 2.93. The fraction of sp³-hybridized carbons (Fsp3) is 0.500. The molecule has 3 nitrogen and oxygen atoms in total.